The SMILES string of the molecule is C=C(N)c1ncn(CCCCOC(=O)NCc2ccc3c(c2)OCO3)c1/N=C(\C)c1ccnn1C. The summed E-state index contributed by atoms with van der Waals surface area (Å²) in [5.74, 6) is 2.02. The Morgan fingerprint density at radius 1 is 1.29 bits per heavy atom. The number of aromatic nitrogens is 4. The molecule has 0 unspecified atom stereocenters. The Morgan fingerprint density at radius 3 is 2.89 bits per heavy atom. The fraction of sp³-hybridized carbons (Fsp3) is 0.333. The van der Waals surface area contributed by atoms with E-state index < -0.39 is 6.09 Å². The molecule has 3 aromatic rings. The van der Waals surface area contributed by atoms with E-state index in [9.17, 15) is 4.79 Å². The van der Waals surface area contributed by atoms with Crippen LogP contribution in [0.15, 0.2) is 48.4 Å². The van der Waals surface area contributed by atoms with Gasteiger partial charge in [0.1, 0.15) is 5.69 Å². The molecule has 11 nitrogen and oxygen atoms in total. The zero-order chi connectivity index (χ0) is 24.8. The summed E-state index contributed by atoms with van der Waals surface area (Å²) in [5, 5.41) is 6.93. The number of nitrogens with one attached hydrogen (secondary N) is 1. The quantitative estimate of drug-likeness (QED) is 0.337. The van der Waals surface area contributed by atoms with E-state index in [1.54, 1.807) is 17.2 Å². The molecule has 1 amide bonds. The number of nitrogens with two attached hydrogens (primary N) is 1. The molecular formula is C24H29N7O4. The number of rotatable bonds is 10. The molecule has 1 aliphatic heterocycles. The van der Waals surface area contributed by atoms with E-state index in [-0.39, 0.29) is 6.79 Å². The van der Waals surface area contributed by atoms with E-state index in [0.717, 1.165) is 23.4 Å². The second-order valence-electron chi connectivity index (χ2n) is 8.06. The van der Waals surface area contributed by atoms with Crippen LogP contribution >= 0.6 is 0 Å². The van der Waals surface area contributed by atoms with Crippen molar-refractivity contribution in [2.75, 3.05) is 13.4 Å². The van der Waals surface area contributed by atoms with Gasteiger partial charge in [0.2, 0.25) is 6.79 Å². The summed E-state index contributed by atoms with van der Waals surface area (Å²) in [7, 11) is 1.86. The number of ether oxygens (including phenoxy) is 3. The normalized spacial score (nSPS) is 12.6. The van der Waals surface area contributed by atoms with E-state index in [1.807, 2.05) is 42.8 Å². The highest BCUT2D eigenvalue weighted by molar-refractivity contribution is 5.99. The molecule has 0 radical (unpaired) electrons. The molecule has 0 spiro atoms. The number of hydrogen-bond acceptors (Lipinski definition) is 8. The first kappa shape index (κ1) is 23.9. The third-order valence-corrected chi connectivity index (χ3v) is 5.48. The Balaban J connectivity index is 1.25. The fourth-order valence-electron chi connectivity index (χ4n) is 3.65. The standard InChI is InChI=1S/C24H29N7O4/c1-16(25)22-23(29-17(2)19-8-9-28-30(19)3)31(14-27-22)10-4-5-11-33-24(32)26-13-18-6-7-20-21(12-18)35-15-34-20/h6-9,12,14H,1,4-5,10-11,13,15,25H2,2-3H3,(H,26,32)/b29-17+. The minimum atomic E-state index is -0.468. The average molecular weight is 480 g/mol. The summed E-state index contributed by atoms with van der Waals surface area (Å²) in [5.41, 5.74) is 9.41. The van der Waals surface area contributed by atoms with Crippen LogP contribution in [0.3, 0.4) is 0 Å². The molecule has 1 aromatic carbocycles. The number of fused-ring (bicyclic) bond motifs is 1. The number of hydrogen-bond donors (Lipinski definition) is 2. The van der Waals surface area contributed by atoms with Crippen LogP contribution in [0.1, 0.15) is 36.7 Å². The summed E-state index contributed by atoms with van der Waals surface area (Å²) in [6.45, 7) is 7.21. The molecule has 4 rings (SSSR count). The Labute approximate surface area is 203 Å². The Kier molecular flexibility index (Phi) is 7.34. The Morgan fingerprint density at radius 2 is 2.11 bits per heavy atom. The first-order valence-electron chi connectivity index (χ1n) is 11.2. The summed E-state index contributed by atoms with van der Waals surface area (Å²) < 4.78 is 19.6. The molecule has 0 aliphatic carbocycles. The number of aryl methyl sites for hydroxylation is 2. The molecule has 2 aromatic heterocycles. The van der Waals surface area contributed by atoms with Gasteiger partial charge in [0.15, 0.2) is 17.3 Å². The van der Waals surface area contributed by atoms with Gasteiger partial charge in [-0.3, -0.25) is 4.68 Å². The Hall–Kier alpha value is -4.28. The zero-order valence-corrected chi connectivity index (χ0v) is 19.9. The topological polar surface area (TPSA) is 131 Å². The molecule has 3 N–H and O–H groups in total. The smallest absolute Gasteiger partial charge is 0.407 e. The number of alkyl carbamates (subject to hydrolysis) is 1. The molecule has 0 atom stereocenters. The largest absolute Gasteiger partial charge is 0.454 e. The average Bonchev–Trinajstić information content (AvgIpc) is 3.57. The van der Waals surface area contributed by atoms with Crippen LogP contribution in [0.4, 0.5) is 10.6 Å². The summed E-state index contributed by atoms with van der Waals surface area (Å²) in [6, 6.07) is 7.43. The monoisotopic (exact) mass is 479 g/mol. The minimum Gasteiger partial charge on any atom is -0.454 e. The highest BCUT2D eigenvalue weighted by Crippen LogP contribution is 2.32. The number of carbonyl (C=O) groups excluding carboxylic acids is 1. The first-order valence-corrected chi connectivity index (χ1v) is 11.2. The molecule has 184 valence electrons. The van der Waals surface area contributed by atoms with Crippen LogP contribution in [0, 0.1) is 0 Å². The summed E-state index contributed by atoms with van der Waals surface area (Å²) >= 11 is 0. The van der Waals surface area contributed by atoms with Gasteiger partial charge in [0.25, 0.3) is 0 Å². The van der Waals surface area contributed by atoms with Gasteiger partial charge in [-0.15, -0.1) is 0 Å². The van der Waals surface area contributed by atoms with E-state index in [0.29, 0.717) is 54.8 Å². The molecule has 0 saturated heterocycles. The van der Waals surface area contributed by atoms with Gasteiger partial charge in [-0.1, -0.05) is 12.6 Å². The Bertz CT molecular complexity index is 1240. The van der Waals surface area contributed by atoms with Crippen LogP contribution in [0.25, 0.3) is 5.70 Å². The van der Waals surface area contributed by atoms with Crippen LogP contribution < -0.4 is 20.5 Å². The second kappa shape index (κ2) is 10.8. The van der Waals surface area contributed by atoms with Gasteiger partial charge < -0.3 is 29.8 Å². The van der Waals surface area contributed by atoms with Crippen molar-refractivity contribution in [1.82, 2.24) is 24.6 Å². The second-order valence-corrected chi connectivity index (χ2v) is 8.06. The van der Waals surface area contributed by atoms with Gasteiger partial charge in [-0.2, -0.15) is 5.10 Å². The maximum atomic E-state index is 12.0. The van der Waals surface area contributed by atoms with E-state index in [1.165, 1.54) is 0 Å². The lowest BCUT2D eigenvalue weighted by Gasteiger charge is -2.09. The fourth-order valence-corrected chi connectivity index (χ4v) is 3.65. The lowest BCUT2D eigenvalue weighted by atomic mass is 10.2. The maximum absolute atomic E-state index is 12.0. The lowest BCUT2D eigenvalue weighted by molar-refractivity contribution is 0.143. The lowest BCUT2D eigenvalue weighted by Crippen LogP contribution is -2.24. The van der Waals surface area contributed by atoms with Crippen LogP contribution in [0.2, 0.25) is 0 Å². The van der Waals surface area contributed by atoms with Crippen LogP contribution in [-0.2, 0) is 24.9 Å². The van der Waals surface area contributed by atoms with E-state index in [4.69, 9.17) is 24.9 Å². The van der Waals surface area contributed by atoms with Gasteiger partial charge in [-0.05, 0) is 43.5 Å². The van der Waals surface area contributed by atoms with Crippen molar-refractivity contribution < 1.29 is 19.0 Å². The first-order chi connectivity index (χ1) is 16.9. The zero-order valence-electron chi connectivity index (χ0n) is 19.9. The van der Waals surface area contributed by atoms with Gasteiger partial charge >= 0.3 is 6.09 Å². The number of imidazole rings is 1. The number of carbonyl (C=O) groups is 1. The van der Waals surface area contributed by atoms with Crippen molar-refractivity contribution >= 4 is 23.3 Å². The van der Waals surface area contributed by atoms with Crippen molar-refractivity contribution in [3.05, 3.63) is 60.3 Å². The molecule has 35 heavy (non-hydrogen) atoms. The number of unbranched alkanes of at least 4 members (excludes halogenated alkanes) is 1. The highest BCUT2D eigenvalue weighted by Gasteiger charge is 2.15. The third kappa shape index (κ3) is 5.81. The number of amides is 1. The predicted molar refractivity (Wildman–Crippen MR) is 131 cm³/mol. The van der Waals surface area contributed by atoms with Gasteiger partial charge in [-0.25, -0.2) is 14.8 Å². The predicted octanol–water partition coefficient (Wildman–Crippen LogP) is 3.12. The molecule has 1 aliphatic rings. The van der Waals surface area contributed by atoms with Crippen molar-refractivity contribution in [2.24, 2.45) is 17.8 Å². The van der Waals surface area contributed by atoms with E-state index >= 15 is 0 Å². The number of nitrogens with zero attached hydrogens (tertiary/aromatic N) is 5. The summed E-state index contributed by atoms with van der Waals surface area (Å²) in [6.07, 6.45) is 4.39. The summed E-state index contributed by atoms with van der Waals surface area (Å²) in [4.78, 5) is 21.1. The number of aliphatic imine (C=N–C) groups is 1. The molecule has 0 saturated carbocycles. The van der Waals surface area contributed by atoms with E-state index in [2.05, 4.69) is 22.0 Å². The molecule has 11 heteroatoms. The van der Waals surface area contributed by atoms with Crippen molar-refractivity contribution in [2.45, 2.75) is 32.9 Å². The van der Waals surface area contributed by atoms with Gasteiger partial charge in [0, 0.05) is 26.3 Å². The molecular weight excluding hydrogens is 450 g/mol. The van der Waals surface area contributed by atoms with Crippen molar-refractivity contribution in [3.63, 3.8) is 0 Å². The highest BCUT2D eigenvalue weighted by atomic mass is 16.7. The van der Waals surface area contributed by atoms with Crippen molar-refractivity contribution in [3.8, 4) is 11.5 Å². The third-order valence-electron chi connectivity index (χ3n) is 5.48. The van der Waals surface area contributed by atoms with Crippen LogP contribution in [0.5, 0.6) is 11.5 Å². The van der Waals surface area contributed by atoms with Crippen molar-refractivity contribution in [1.29, 1.82) is 0 Å². The molecule has 3 heterocycles. The molecule has 0 fully saturated rings. The molecule has 0 bridgehead atoms. The van der Waals surface area contributed by atoms with Crippen LogP contribution in [-0.4, -0.2) is 44.5 Å². The minimum absolute atomic E-state index is 0.216. The van der Waals surface area contributed by atoms with Gasteiger partial charge in [0.05, 0.1) is 30.0 Å². The number of benzene rings is 1. The maximum Gasteiger partial charge on any atom is 0.407 e.